The third kappa shape index (κ3) is 2.86. The van der Waals surface area contributed by atoms with Crippen LogP contribution in [0.3, 0.4) is 0 Å². The molecular weight excluding hydrogens is 262 g/mol. The topological polar surface area (TPSA) is 46.0 Å². The maximum atomic E-state index is 4.49. The molecule has 0 bridgehead atoms. The minimum absolute atomic E-state index is 0.274. The summed E-state index contributed by atoms with van der Waals surface area (Å²) in [4.78, 5) is 7.15. The Morgan fingerprint density at radius 3 is 2.81 bits per heavy atom. The summed E-state index contributed by atoms with van der Waals surface area (Å²) in [5.41, 5.74) is 0.274. The summed E-state index contributed by atoms with van der Waals surface area (Å²) < 4.78 is 2.03. The van der Waals surface area contributed by atoms with Crippen molar-refractivity contribution in [1.29, 1.82) is 0 Å². The highest BCUT2D eigenvalue weighted by Crippen LogP contribution is 2.44. The number of piperazine rings is 1. The van der Waals surface area contributed by atoms with Crippen LogP contribution in [0.25, 0.3) is 0 Å². The second kappa shape index (κ2) is 5.69. The van der Waals surface area contributed by atoms with Gasteiger partial charge in [0.2, 0.25) is 0 Å². The summed E-state index contributed by atoms with van der Waals surface area (Å²) in [6.07, 6.45) is 4.44. The van der Waals surface area contributed by atoms with Crippen LogP contribution in [0, 0.1) is 11.8 Å². The van der Waals surface area contributed by atoms with E-state index < -0.39 is 0 Å². The highest BCUT2D eigenvalue weighted by Gasteiger charge is 2.48. The van der Waals surface area contributed by atoms with Crippen molar-refractivity contribution in [2.24, 2.45) is 11.8 Å². The molecule has 1 saturated carbocycles. The number of hydrogen-bond acceptors (Lipinski definition) is 4. The first kappa shape index (κ1) is 15.0. The zero-order valence-electron chi connectivity index (χ0n) is 13.8. The minimum atomic E-state index is 0.274. The Morgan fingerprint density at radius 2 is 2.19 bits per heavy atom. The number of aryl methyl sites for hydroxylation is 1. The van der Waals surface area contributed by atoms with Gasteiger partial charge in [-0.2, -0.15) is 5.10 Å². The molecule has 0 amide bonds. The predicted octanol–water partition coefficient (Wildman–Crippen LogP) is 1.90. The maximum Gasteiger partial charge on any atom is 0.141 e. The molecule has 3 rings (SSSR count). The summed E-state index contributed by atoms with van der Waals surface area (Å²) in [6.45, 7) is 13.2. The highest BCUT2D eigenvalue weighted by molar-refractivity contribution is 5.06. The molecule has 1 aromatic rings. The SMILES string of the molecule is CCn1ncnc1CN1CC(C(C)C)NCC1(C)C1CC1. The summed E-state index contributed by atoms with van der Waals surface area (Å²) in [6, 6.07) is 0.579. The third-order valence-electron chi connectivity index (χ3n) is 5.45. The summed E-state index contributed by atoms with van der Waals surface area (Å²) in [7, 11) is 0. The quantitative estimate of drug-likeness (QED) is 0.900. The van der Waals surface area contributed by atoms with E-state index in [-0.39, 0.29) is 5.54 Å². The number of aromatic nitrogens is 3. The van der Waals surface area contributed by atoms with E-state index >= 15 is 0 Å². The number of nitrogens with one attached hydrogen (secondary N) is 1. The fraction of sp³-hybridized carbons (Fsp3) is 0.875. The van der Waals surface area contributed by atoms with Crippen LogP contribution in [0.15, 0.2) is 6.33 Å². The van der Waals surface area contributed by atoms with Crippen molar-refractivity contribution in [2.45, 2.75) is 65.2 Å². The lowest BCUT2D eigenvalue weighted by atomic mass is 9.87. The summed E-state index contributed by atoms with van der Waals surface area (Å²) in [5.74, 6) is 2.62. The van der Waals surface area contributed by atoms with Crippen LogP contribution in [-0.2, 0) is 13.1 Å². The Balaban J connectivity index is 1.79. The Bertz CT molecular complexity index is 479. The van der Waals surface area contributed by atoms with E-state index in [2.05, 4.69) is 48.0 Å². The van der Waals surface area contributed by atoms with Crippen molar-refractivity contribution >= 4 is 0 Å². The van der Waals surface area contributed by atoms with Gasteiger partial charge in [-0.3, -0.25) is 4.90 Å². The normalized spacial score (nSPS) is 31.0. The van der Waals surface area contributed by atoms with Crippen LogP contribution in [0.5, 0.6) is 0 Å². The predicted molar refractivity (Wildman–Crippen MR) is 83.9 cm³/mol. The van der Waals surface area contributed by atoms with Crippen LogP contribution >= 0.6 is 0 Å². The maximum absolute atomic E-state index is 4.49. The number of rotatable bonds is 5. The molecule has 1 aliphatic carbocycles. The van der Waals surface area contributed by atoms with Crippen LogP contribution in [0.4, 0.5) is 0 Å². The average Bonchev–Trinajstić information content (AvgIpc) is 3.22. The molecule has 2 aliphatic rings. The molecule has 2 atom stereocenters. The number of nitrogens with zero attached hydrogens (tertiary/aromatic N) is 4. The van der Waals surface area contributed by atoms with Gasteiger partial charge in [0.25, 0.3) is 0 Å². The van der Waals surface area contributed by atoms with Crippen LogP contribution in [0.2, 0.25) is 0 Å². The zero-order chi connectivity index (χ0) is 15.0. The minimum Gasteiger partial charge on any atom is -0.311 e. The first-order valence-corrected chi connectivity index (χ1v) is 8.39. The molecule has 118 valence electrons. The fourth-order valence-electron chi connectivity index (χ4n) is 3.60. The molecule has 2 fully saturated rings. The van der Waals surface area contributed by atoms with E-state index in [9.17, 15) is 0 Å². The molecule has 5 heteroatoms. The monoisotopic (exact) mass is 291 g/mol. The van der Waals surface area contributed by atoms with Crippen LogP contribution in [-0.4, -0.2) is 44.3 Å². The van der Waals surface area contributed by atoms with Gasteiger partial charge in [0.05, 0.1) is 6.54 Å². The van der Waals surface area contributed by atoms with Crippen LogP contribution < -0.4 is 5.32 Å². The molecule has 21 heavy (non-hydrogen) atoms. The van der Waals surface area contributed by atoms with E-state index in [0.717, 1.165) is 37.9 Å². The van der Waals surface area contributed by atoms with Crippen molar-refractivity contribution < 1.29 is 0 Å². The Labute approximate surface area is 128 Å². The zero-order valence-corrected chi connectivity index (χ0v) is 13.8. The second-order valence-electron chi connectivity index (χ2n) is 7.24. The molecular formula is C16H29N5. The van der Waals surface area contributed by atoms with E-state index in [1.54, 1.807) is 6.33 Å². The molecule has 0 aromatic carbocycles. The van der Waals surface area contributed by atoms with Gasteiger partial charge in [0.1, 0.15) is 12.2 Å². The Morgan fingerprint density at radius 1 is 1.43 bits per heavy atom. The van der Waals surface area contributed by atoms with Gasteiger partial charge in [-0.15, -0.1) is 0 Å². The van der Waals surface area contributed by atoms with E-state index in [4.69, 9.17) is 0 Å². The first-order valence-electron chi connectivity index (χ1n) is 8.39. The highest BCUT2D eigenvalue weighted by atomic mass is 15.4. The van der Waals surface area contributed by atoms with Gasteiger partial charge in [-0.1, -0.05) is 13.8 Å². The molecule has 0 spiro atoms. The fourth-order valence-corrected chi connectivity index (χ4v) is 3.60. The smallest absolute Gasteiger partial charge is 0.141 e. The molecule has 1 aliphatic heterocycles. The lowest BCUT2D eigenvalue weighted by Crippen LogP contribution is -2.65. The Kier molecular flexibility index (Phi) is 4.06. The van der Waals surface area contributed by atoms with Crippen molar-refractivity contribution in [3.8, 4) is 0 Å². The molecule has 2 unspecified atom stereocenters. The van der Waals surface area contributed by atoms with Gasteiger partial charge < -0.3 is 5.32 Å². The van der Waals surface area contributed by atoms with Gasteiger partial charge in [-0.05, 0) is 38.5 Å². The van der Waals surface area contributed by atoms with Crippen molar-refractivity contribution in [3.05, 3.63) is 12.2 Å². The molecule has 1 saturated heterocycles. The van der Waals surface area contributed by atoms with Gasteiger partial charge in [-0.25, -0.2) is 9.67 Å². The van der Waals surface area contributed by atoms with Gasteiger partial charge in [0, 0.05) is 31.2 Å². The van der Waals surface area contributed by atoms with E-state index in [1.165, 1.54) is 12.8 Å². The van der Waals surface area contributed by atoms with Crippen molar-refractivity contribution in [1.82, 2.24) is 25.0 Å². The molecule has 1 N–H and O–H groups in total. The first-order chi connectivity index (χ1) is 10.0. The summed E-state index contributed by atoms with van der Waals surface area (Å²) in [5, 5.41) is 8.11. The van der Waals surface area contributed by atoms with Crippen molar-refractivity contribution in [3.63, 3.8) is 0 Å². The average molecular weight is 291 g/mol. The lowest BCUT2D eigenvalue weighted by molar-refractivity contribution is 0.0157. The number of hydrogen-bond donors (Lipinski definition) is 1. The second-order valence-corrected chi connectivity index (χ2v) is 7.24. The standard InChI is InChI=1S/C16H29N5/c1-5-21-15(18-11-19-21)9-20-8-14(12(2)3)17-10-16(20,4)13-6-7-13/h11-14,17H,5-10H2,1-4H3. The van der Waals surface area contributed by atoms with E-state index in [1.807, 2.05) is 4.68 Å². The molecule has 5 nitrogen and oxygen atoms in total. The third-order valence-corrected chi connectivity index (χ3v) is 5.45. The molecule has 2 heterocycles. The van der Waals surface area contributed by atoms with Gasteiger partial charge in [0.15, 0.2) is 0 Å². The summed E-state index contributed by atoms with van der Waals surface area (Å²) >= 11 is 0. The van der Waals surface area contributed by atoms with Crippen molar-refractivity contribution in [2.75, 3.05) is 13.1 Å². The largest absolute Gasteiger partial charge is 0.311 e. The van der Waals surface area contributed by atoms with Gasteiger partial charge >= 0.3 is 0 Å². The van der Waals surface area contributed by atoms with E-state index in [0.29, 0.717) is 12.0 Å². The molecule has 1 aromatic heterocycles. The Hall–Kier alpha value is -0.940. The molecule has 0 radical (unpaired) electrons. The lowest BCUT2D eigenvalue weighted by Gasteiger charge is -2.49. The van der Waals surface area contributed by atoms with Crippen LogP contribution in [0.1, 0.15) is 46.4 Å².